The molecule has 0 radical (unpaired) electrons. The number of rotatable bonds is 3. The second-order valence-electron chi connectivity index (χ2n) is 4.49. The Kier molecular flexibility index (Phi) is 3.88. The van der Waals surface area contributed by atoms with Gasteiger partial charge in [-0.1, -0.05) is 26.8 Å². The molecule has 0 saturated carbocycles. The van der Waals surface area contributed by atoms with Crippen LogP contribution in [0.25, 0.3) is 0 Å². The van der Waals surface area contributed by atoms with Crippen LogP contribution in [0.4, 0.5) is 0 Å². The summed E-state index contributed by atoms with van der Waals surface area (Å²) in [5.74, 6) is -0.0434. The summed E-state index contributed by atoms with van der Waals surface area (Å²) in [5.41, 5.74) is -0.408. The van der Waals surface area contributed by atoms with Gasteiger partial charge in [0.2, 0.25) is 5.91 Å². The standard InChI is InChI=1S/C11H17NO2S/c1-11(2,3)10(14)12-7-8(13)9-5-4-6-15-9/h4-6,8,13H,7H2,1-3H3,(H,12,14)/t8-/m1/s1. The van der Waals surface area contributed by atoms with Gasteiger partial charge in [0.25, 0.3) is 0 Å². The number of hydrogen-bond donors (Lipinski definition) is 2. The van der Waals surface area contributed by atoms with Gasteiger partial charge in [0.05, 0.1) is 0 Å². The average Bonchev–Trinajstić information content (AvgIpc) is 2.64. The Labute approximate surface area is 94.1 Å². The lowest BCUT2D eigenvalue weighted by Gasteiger charge is -2.19. The molecule has 1 aromatic rings. The SMILES string of the molecule is CC(C)(C)C(=O)NC[C@@H](O)c1cccs1. The Morgan fingerprint density at radius 2 is 2.27 bits per heavy atom. The summed E-state index contributed by atoms with van der Waals surface area (Å²) in [6, 6.07) is 3.74. The maximum atomic E-state index is 11.5. The molecule has 1 aromatic heterocycles. The number of amides is 1. The van der Waals surface area contributed by atoms with Crippen molar-refractivity contribution >= 4 is 17.2 Å². The van der Waals surface area contributed by atoms with E-state index >= 15 is 0 Å². The zero-order valence-electron chi connectivity index (χ0n) is 9.28. The van der Waals surface area contributed by atoms with Crippen molar-refractivity contribution in [1.29, 1.82) is 0 Å². The number of carbonyl (C=O) groups is 1. The summed E-state index contributed by atoms with van der Waals surface area (Å²) in [5, 5.41) is 14.4. The molecule has 4 heteroatoms. The predicted molar refractivity (Wildman–Crippen MR) is 61.7 cm³/mol. The largest absolute Gasteiger partial charge is 0.386 e. The lowest BCUT2D eigenvalue weighted by Crippen LogP contribution is -2.37. The minimum absolute atomic E-state index is 0.0434. The minimum atomic E-state index is -0.601. The van der Waals surface area contributed by atoms with E-state index in [2.05, 4.69) is 5.32 Å². The second kappa shape index (κ2) is 4.77. The number of aliphatic hydroxyl groups excluding tert-OH is 1. The van der Waals surface area contributed by atoms with Gasteiger partial charge < -0.3 is 10.4 Å². The molecule has 1 rings (SSSR count). The average molecular weight is 227 g/mol. The lowest BCUT2D eigenvalue weighted by atomic mass is 9.96. The first-order valence-electron chi connectivity index (χ1n) is 4.91. The fourth-order valence-electron chi connectivity index (χ4n) is 1.04. The van der Waals surface area contributed by atoms with E-state index in [1.807, 2.05) is 38.3 Å². The molecule has 0 saturated heterocycles. The normalized spacial score (nSPS) is 13.6. The third-order valence-electron chi connectivity index (χ3n) is 2.01. The third-order valence-corrected chi connectivity index (χ3v) is 2.98. The number of carbonyl (C=O) groups excluding carboxylic acids is 1. The van der Waals surface area contributed by atoms with E-state index in [1.165, 1.54) is 11.3 Å². The molecule has 15 heavy (non-hydrogen) atoms. The number of aliphatic hydroxyl groups is 1. The first-order chi connectivity index (χ1) is 6.91. The third kappa shape index (κ3) is 3.64. The summed E-state index contributed by atoms with van der Waals surface area (Å²) in [6.07, 6.45) is -0.601. The van der Waals surface area contributed by atoms with Crippen LogP contribution in [0.1, 0.15) is 31.8 Å². The van der Waals surface area contributed by atoms with Gasteiger partial charge in [-0.2, -0.15) is 0 Å². The summed E-state index contributed by atoms with van der Waals surface area (Å²) in [4.78, 5) is 12.4. The zero-order chi connectivity index (χ0) is 11.5. The van der Waals surface area contributed by atoms with Crippen LogP contribution >= 0.6 is 11.3 Å². The van der Waals surface area contributed by atoms with Crippen LogP contribution in [0.3, 0.4) is 0 Å². The van der Waals surface area contributed by atoms with E-state index in [0.29, 0.717) is 0 Å². The smallest absolute Gasteiger partial charge is 0.225 e. The van der Waals surface area contributed by atoms with Crippen molar-refractivity contribution < 1.29 is 9.90 Å². The number of thiophene rings is 1. The molecule has 0 fully saturated rings. The summed E-state index contributed by atoms with van der Waals surface area (Å²) >= 11 is 1.49. The highest BCUT2D eigenvalue weighted by Gasteiger charge is 2.21. The van der Waals surface area contributed by atoms with E-state index in [9.17, 15) is 9.90 Å². The van der Waals surface area contributed by atoms with Crippen LogP contribution < -0.4 is 5.32 Å². The highest BCUT2D eigenvalue weighted by Crippen LogP contribution is 2.18. The van der Waals surface area contributed by atoms with E-state index in [0.717, 1.165) is 4.88 Å². The highest BCUT2D eigenvalue weighted by atomic mass is 32.1. The van der Waals surface area contributed by atoms with Gasteiger partial charge in [0.1, 0.15) is 6.10 Å². The molecule has 0 aromatic carbocycles. The molecule has 1 amide bonds. The van der Waals surface area contributed by atoms with E-state index in [4.69, 9.17) is 0 Å². The van der Waals surface area contributed by atoms with E-state index in [1.54, 1.807) is 0 Å². The molecule has 2 N–H and O–H groups in total. The fourth-order valence-corrected chi connectivity index (χ4v) is 1.75. The van der Waals surface area contributed by atoms with Crippen molar-refractivity contribution in [1.82, 2.24) is 5.32 Å². The van der Waals surface area contributed by atoms with Crippen LogP contribution in [0, 0.1) is 5.41 Å². The van der Waals surface area contributed by atoms with Gasteiger partial charge in [0, 0.05) is 16.8 Å². The predicted octanol–water partition coefficient (Wildman–Crippen LogP) is 1.94. The topological polar surface area (TPSA) is 49.3 Å². The molecule has 0 unspecified atom stereocenters. The summed E-state index contributed by atoms with van der Waals surface area (Å²) in [6.45, 7) is 5.82. The van der Waals surface area contributed by atoms with Crippen molar-refractivity contribution in [2.75, 3.05) is 6.54 Å². The maximum Gasteiger partial charge on any atom is 0.225 e. The molecular weight excluding hydrogens is 210 g/mol. The second-order valence-corrected chi connectivity index (χ2v) is 5.47. The highest BCUT2D eigenvalue weighted by molar-refractivity contribution is 7.10. The maximum absolute atomic E-state index is 11.5. The molecule has 0 aliphatic carbocycles. The molecular formula is C11H17NO2S. The first kappa shape index (κ1) is 12.2. The Balaban J connectivity index is 2.42. The lowest BCUT2D eigenvalue weighted by molar-refractivity contribution is -0.128. The molecule has 84 valence electrons. The summed E-state index contributed by atoms with van der Waals surface area (Å²) < 4.78 is 0. The van der Waals surface area contributed by atoms with Crippen molar-refractivity contribution in [3.63, 3.8) is 0 Å². The van der Waals surface area contributed by atoms with Crippen molar-refractivity contribution in [3.05, 3.63) is 22.4 Å². The molecule has 0 bridgehead atoms. The van der Waals surface area contributed by atoms with Gasteiger partial charge in [-0.25, -0.2) is 0 Å². The van der Waals surface area contributed by atoms with Gasteiger partial charge >= 0.3 is 0 Å². The van der Waals surface area contributed by atoms with Crippen molar-refractivity contribution in [2.24, 2.45) is 5.41 Å². The quantitative estimate of drug-likeness (QED) is 0.829. The zero-order valence-corrected chi connectivity index (χ0v) is 10.1. The minimum Gasteiger partial charge on any atom is -0.386 e. The fraction of sp³-hybridized carbons (Fsp3) is 0.545. The monoisotopic (exact) mass is 227 g/mol. The Morgan fingerprint density at radius 1 is 1.60 bits per heavy atom. The van der Waals surface area contributed by atoms with Crippen molar-refractivity contribution in [3.8, 4) is 0 Å². The van der Waals surface area contributed by atoms with Crippen molar-refractivity contribution in [2.45, 2.75) is 26.9 Å². The van der Waals surface area contributed by atoms with Crippen LogP contribution in [0.15, 0.2) is 17.5 Å². The van der Waals surface area contributed by atoms with Gasteiger partial charge in [0.15, 0.2) is 0 Å². The molecule has 0 spiro atoms. The van der Waals surface area contributed by atoms with E-state index in [-0.39, 0.29) is 12.5 Å². The van der Waals surface area contributed by atoms with Gasteiger partial charge in [-0.05, 0) is 11.4 Å². The van der Waals surface area contributed by atoms with Crippen LogP contribution in [0.5, 0.6) is 0 Å². The molecule has 3 nitrogen and oxygen atoms in total. The van der Waals surface area contributed by atoms with Crippen LogP contribution in [-0.2, 0) is 4.79 Å². The Hall–Kier alpha value is -0.870. The van der Waals surface area contributed by atoms with Crippen LogP contribution in [-0.4, -0.2) is 17.6 Å². The number of hydrogen-bond acceptors (Lipinski definition) is 3. The summed E-state index contributed by atoms with van der Waals surface area (Å²) in [7, 11) is 0. The molecule has 1 atom stereocenters. The van der Waals surface area contributed by atoms with Crippen LogP contribution in [0.2, 0.25) is 0 Å². The molecule has 0 aliphatic rings. The molecule has 1 heterocycles. The van der Waals surface area contributed by atoms with E-state index < -0.39 is 11.5 Å². The first-order valence-corrected chi connectivity index (χ1v) is 5.79. The van der Waals surface area contributed by atoms with Gasteiger partial charge in [-0.3, -0.25) is 4.79 Å². The number of nitrogens with one attached hydrogen (secondary N) is 1. The Morgan fingerprint density at radius 3 is 2.73 bits per heavy atom. The van der Waals surface area contributed by atoms with Gasteiger partial charge in [-0.15, -0.1) is 11.3 Å². The Bertz CT molecular complexity index is 314. The molecule has 0 aliphatic heterocycles.